The molecule has 31 heavy (non-hydrogen) atoms. The van der Waals surface area contributed by atoms with Crippen molar-refractivity contribution in [1.29, 1.82) is 0 Å². The molecule has 0 saturated carbocycles. The van der Waals surface area contributed by atoms with E-state index in [9.17, 15) is 4.79 Å². The third-order valence-corrected chi connectivity index (χ3v) is 5.48. The highest BCUT2D eigenvalue weighted by atomic mass is 32.2. The molecular formula is C21H24N4O5S. The van der Waals surface area contributed by atoms with Crippen molar-refractivity contribution in [2.45, 2.75) is 5.16 Å². The fraction of sp³-hybridized carbons (Fsp3) is 0.286. The number of carbonyl (C=O) groups is 1. The summed E-state index contributed by atoms with van der Waals surface area (Å²) in [6.07, 6.45) is 0. The number of nitrogens with zero attached hydrogens (tertiary/aromatic N) is 3. The molecule has 1 amide bonds. The Balaban J connectivity index is 1.67. The highest BCUT2D eigenvalue weighted by molar-refractivity contribution is 7.99. The van der Waals surface area contributed by atoms with Gasteiger partial charge in [-0.05, 0) is 24.3 Å². The monoisotopic (exact) mass is 444 g/mol. The van der Waals surface area contributed by atoms with Crippen LogP contribution in [0.4, 0.5) is 5.69 Å². The molecule has 3 rings (SSSR count). The maximum Gasteiger partial charge on any atom is 0.234 e. The molecule has 1 heterocycles. The lowest BCUT2D eigenvalue weighted by Gasteiger charge is -2.14. The van der Waals surface area contributed by atoms with Crippen LogP contribution in [-0.2, 0) is 11.8 Å². The van der Waals surface area contributed by atoms with Gasteiger partial charge in [0.1, 0.15) is 5.75 Å². The lowest BCUT2D eigenvalue weighted by Crippen LogP contribution is -2.14. The van der Waals surface area contributed by atoms with Crippen LogP contribution in [0.5, 0.6) is 23.0 Å². The molecule has 0 spiro atoms. The second-order valence-corrected chi connectivity index (χ2v) is 7.29. The van der Waals surface area contributed by atoms with E-state index in [0.29, 0.717) is 33.9 Å². The first kappa shape index (κ1) is 22.3. The van der Waals surface area contributed by atoms with Crippen molar-refractivity contribution in [2.75, 3.05) is 39.5 Å². The van der Waals surface area contributed by atoms with E-state index in [1.54, 1.807) is 19.2 Å². The molecular weight excluding hydrogens is 420 g/mol. The summed E-state index contributed by atoms with van der Waals surface area (Å²) in [6.45, 7) is 0. The van der Waals surface area contributed by atoms with Gasteiger partial charge in [0.15, 0.2) is 22.5 Å². The molecule has 0 fully saturated rings. The lowest BCUT2D eigenvalue weighted by molar-refractivity contribution is -0.113. The summed E-state index contributed by atoms with van der Waals surface area (Å²) in [4.78, 5) is 12.5. The number of ether oxygens (including phenoxy) is 4. The molecule has 1 N–H and O–H groups in total. The predicted molar refractivity (Wildman–Crippen MR) is 118 cm³/mol. The Bertz CT molecular complexity index is 1030. The fourth-order valence-corrected chi connectivity index (χ4v) is 3.62. The standard InChI is InChI=1S/C21H24N4O5S/c1-25-20(13-6-8-15(27-2)9-7-13)23-24-21(25)31-12-18(26)22-14-10-16(28-3)19(30-5)17(11-14)29-4/h6-11H,12H2,1-5H3,(H,22,26). The zero-order chi connectivity index (χ0) is 22.4. The topological polar surface area (TPSA) is 96.7 Å². The first-order valence-electron chi connectivity index (χ1n) is 9.27. The summed E-state index contributed by atoms with van der Waals surface area (Å²) >= 11 is 1.29. The van der Waals surface area contributed by atoms with Crippen molar-refractivity contribution in [1.82, 2.24) is 14.8 Å². The van der Waals surface area contributed by atoms with Crippen LogP contribution in [0.3, 0.4) is 0 Å². The van der Waals surface area contributed by atoms with Gasteiger partial charge < -0.3 is 28.8 Å². The third-order valence-electron chi connectivity index (χ3n) is 4.46. The van der Waals surface area contributed by atoms with Gasteiger partial charge >= 0.3 is 0 Å². The van der Waals surface area contributed by atoms with Crippen molar-refractivity contribution in [2.24, 2.45) is 7.05 Å². The van der Waals surface area contributed by atoms with E-state index in [1.807, 2.05) is 35.9 Å². The Morgan fingerprint density at radius 3 is 2.16 bits per heavy atom. The largest absolute Gasteiger partial charge is 0.497 e. The Morgan fingerprint density at radius 2 is 1.61 bits per heavy atom. The molecule has 164 valence electrons. The number of benzene rings is 2. The number of rotatable bonds is 9. The van der Waals surface area contributed by atoms with Crippen LogP contribution in [0.25, 0.3) is 11.4 Å². The van der Waals surface area contributed by atoms with Gasteiger partial charge in [-0.2, -0.15) is 0 Å². The van der Waals surface area contributed by atoms with E-state index in [0.717, 1.165) is 11.3 Å². The van der Waals surface area contributed by atoms with Gasteiger partial charge in [-0.1, -0.05) is 11.8 Å². The van der Waals surface area contributed by atoms with Gasteiger partial charge in [0.05, 0.1) is 34.2 Å². The highest BCUT2D eigenvalue weighted by Gasteiger charge is 2.16. The molecule has 1 aromatic heterocycles. The molecule has 3 aromatic rings. The van der Waals surface area contributed by atoms with Gasteiger partial charge in [-0.15, -0.1) is 10.2 Å². The highest BCUT2D eigenvalue weighted by Crippen LogP contribution is 2.40. The van der Waals surface area contributed by atoms with Crippen LogP contribution < -0.4 is 24.3 Å². The molecule has 0 aliphatic carbocycles. The van der Waals surface area contributed by atoms with Crippen LogP contribution >= 0.6 is 11.8 Å². The maximum absolute atomic E-state index is 12.5. The molecule has 0 unspecified atom stereocenters. The number of hydrogen-bond acceptors (Lipinski definition) is 8. The Hall–Kier alpha value is -3.40. The van der Waals surface area contributed by atoms with Crippen LogP contribution in [0, 0.1) is 0 Å². The minimum absolute atomic E-state index is 0.158. The van der Waals surface area contributed by atoms with Crippen LogP contribution in [0.2, 0.25) is 0 Å². The van der Waals surface area contributed by atoms with Crippen LogP contribution in [0.1, 0.15) is 0 Å². The van der Waals surface area contributed by atoms with Gasteiger partial charge in [0.25, 0.3) is 0 Å². The molecule has 10 heteroatoms. The minimum Gasteiger partial charge on any atom is -0.497 e. The Kier molecular flexibility index (Phi) is 7.24. The molecule has 0 saturated heterocycles. The molecule has 0 aliphatic heterocycles. The van der Waals surface area contributed by atoms with Crippen molar-refractivity contribution in [3.8, 4) is 34.4 Å². The first-order chi connectivity index (χ1) is 15.0. The summed E-state index contributed by atoms with van der Waals surface area (Å²) in [7, 11) is 8.05. The average Bonchev–Trinajstić information content (AvgIpc) is 3.17. The van der Waals surface area contributed by atoms with Crippen molar-refractivity contribution >= 4 is 23.4 Å². The third kappa shape index (κ3) is 5.02. The van der Waals surface area contributed by atoms with Crippen molar-refractivity contribution in [3.63, 3.8) is 0 Å². The number of amides is 1. The maximum atomic E-state index is 12.5. The van der Waals surface area contributed by atoms with Gasteiger partial charge in [0, 0.05) is 30.4 Å². The Morgan fingerprint density at radius 1 is 0.968 bits per heavy atom. The fourth-order valence-electron chi connectivity index (χ4n) is 2.91. The zero-order valence-electron chi connectivity index (χ0n) is 18.0. The van der Waals surface area contributed by atoms with Crippen molar-refractivity contribution < 1.29 is 23.7 Å². The number of thioether (sulfide) groups is 1. The number of hydrogen-bond donors (Lipinski definition) is 1. The quantitative estimate of drug-likeness (QED) is 0.503. The normalized spacial score (nSPS) is 10.5. The van der Waals surface area contributed by atoms with E-state index in [-0.39, 0.29) is 11.7 Å². The van der Waals surface area contributed by atoms with E-state index in [2.05, 4.69) is 15.5 Å². The second kappa shape index (κ2) is 10.1. The van der Waals surface area contributed by atoms with Gasteiger partial charge in [-0.3, -0.25) is 4.79 Å². The predicted octanol–water partition coefficient (Wildman–Crippen LogP) is 3.25. The Labute approximate surface area is 184 Å². The number of anilines is 1. The number of aromatic nitrogens is 3. The van der Waals surface area contributed by atoms with Crippen LogP contribution in [0.15, 0.2) is 41.6 Å². The molecule has 0 bridgehead atoms. The molecule has 0 atom stereocenters. The number of carbonyl (C=O) groups excluding carboxylic acids is 1. The van der Waals surface area contributed by atoms with Crippen LogP contribution in [-0.4, -0.2) is 54.9 Å². The molecule has 0 aliphatic rings. The van der Waals surface area contributed by atoms with Crippen molar-refractivity contribution in [3.05, 3.63) is 36.4 Å². The molecule has 2 aromatic carbocycles. The summed E-state index contributed by atoms with van der Waals surface area (Å²) in [5.74, 6) is 2.81. The lowest BCUT2D eigenvalue weighted by atomic mass is 10.2. The first-order valence-corrected chi connectivity index (χ1v) is 10.3. The van der Waals surface area contributed by atoms with E-state index in [4.69, 9.17) is 18.9 Å². The second-order valence-electron chi connectivity index (χ2n) is 6.34. The summed E-state index contributed by atoms with van der Waals surface area (Å²) in [5, 5.41) is 11.9. The summed E-state index contributed by atoms with van der Waals surface area (Å²) < 4.78 is 23.0. The van der Waals surface area contributed by atoms with Gasteiger partial charge in [-0.25, -0.2) is 0 Å². The van der Waals surface area contributed by atoms with E-state index < -0.39 is 0 Å². The number of methoxy groups -OCH3 is 4. The van der Waals surface area contributed by atoms with E-state index in [1.165, 1.54) is 33.1 Å². The number of nitrogens with one attached hydrogen (secondary N) is 1. The summed E-state index contributed by atoms with van der Waals surface area (Å²) in [6, 6.07) is 10.9. The molecule has 0 radical (unpaired) electrons. The van der Waals surface area contributed by atoms with Gasteiger partial charge in [0.2, 0.25) is 11.7 Å². The SMILES string of the molecule is COc1ccc(-c2nnc(SCC(=O)Nc3cc(OC)c(OC)c(OC)c3)n2C)cc1. The van der Waals surface area contributed by atoms with E-state index >= 15 is 0 Å². The molecule has 9 nitrogen and oxygen atoms in total. The minimum atomic E-state index is -0.201. The smallest absolute Gasteiger partial charge is 0.234 e. The summed E-state index contributed by atoms with van der Waals surface area (Å²) in [5.41, 5.74) is 1.45. The average molecular weight is 445 g/mol. The zero-order valence-corrected chi connectivity index (χ0v) is 18.8.